The second kappa shape index (κ2) is 5.86. The zero-order valence-corrected chi connectivity index (χ0v) is 15.2. The lowest BCUT2D eigenvalue weighted by Gasteiger charge is -2.43. The Morgan fingerprint density at radius 1 is 0.640 bits per heavy atom. The molecule has 4 rings (SSSR count). The van der Waals surface area contributed by atoms with Gasteiger partial charge in [0.2, 0.25) is 0 Å². The summed E-state index contributed by atoms with van der Waals surface area (Å²) in [5.41, 5.74) is 5.38. The van der Waals surface area contributed by atoms with Gasteiger partial charge in [-0.15, -0.1) is 0 Å². The highest BCUT2D eigenvalue weighted by molar-refractivity contribution is 5.50. The van der Waals surface area contributed by atoms with E-state index in [9.17, 15) is 0 Å². The molecule has 0 saturated heterocycles. The normalized spacial score (nSPS) is 21.9. The van der Waals surface area contributed by atoms with Crippen LogP contribution in [0.5, 0.6) is 0 Å². The van der Waals surface area contributed by atoms with Crippen molar-refractivity contribution in [1.82, 2.24) is 4.90 Å². The zero-order chi connectivity index (χ0) is 17.5. The first-order valence-corrected chi connectivity index (χ1v) is 9.02. The van der Waals surface area contributed by atoms with E-state index >= 15 is 0 Å². The van der Waals surface area contributed by atoms with Crippen molar-refractivity contribution in [3.8, 4) is 0 Å². The van der Waals surface area contributed by atoms with E-state index in [1.54, 1.807) is 0 Å². The molecular weight excluding hydrogens is 302 g/mol. The van der Waals surface area contributed by atoms with Crippen molar-refractivity contribution in [1.29, 1.82) is 0 Å². The Balaban J connectivity index is 1.91. The van der Waals surface area contributed by atoms with Crippen molar-refractivity contribution in [3.63, 3.8) is 0 Å². The molecule has 25 heavy (non-hydrogen) atoms. The first kappa shape index (κ1) is 16.1. The van der Waals surface area contributed by atoms with E-state index in [1.165, 1.54) is 22.3 Å². The molecule has 0 bridgehead atoms. The predicted molar refractivity (Wildman–Crippen MR) is 104 cm³/mol. The maximum Gasteiger partial charge on any atom is 0.0700 e. The third-order valence-electron chi connectivity index (χ3n) is 5.84. The fraction of sp³-hybridized carbons (Fsp3) is 0.250. The monoisotopic (exact) mass is 327 g/mol. The van der Waals surface area contributed by atoms with Gasteiger partial charge in [-0.1, -0.05) is 84.9 Å². The molecule has 0 N–H and O–H groups in total. The summed E-state index contributed by atoms with van der Waals surface area (Å²) in [4.78, 5) is 2.65. The largest absolute Gasteiger partial charge is 0.276 e. The molecule has 1 atom stereocenters. The predicted octanol–water partition coefficient (Wildman–Crippen LogP) is 5.70. The van der Waals surface area contributed by atoms with Gasteiger partial charge >= 0.3 is 0 Å². The van der Waals surface area contributed by atoms with E-state index < -0.39 is 0 Å². The highest BCUT2D eigenvalue weighted by Crippen LogP contribution is 2.53. The Morgan fingerprint density at radius 2 is 1.16 bits per heavy atom. The quantitative estimate of drug-likeness (QED) is 0.596. The summed E-state index contributed by atoms with van der Waals surface area (Å²) >= 11 is 0. The second-order valence-corrected chi connectivity index (χ2v) is 7.61. The maximum atomic E-state index is 2.65. The van der Waals surface area contributed by atoms with Gasteiger partial charge in [0.05, 0.1) is 5.54 Å². The average Bonchev–Trinajstić information content (AvgIpc) is 2.83. The molecule has 3 aromatic carbocycles. The van der Waals surface area contributed by atoms with E-state index in [0.29, 0.717) is 0 Å². The second-order valence-electron chi connectivity index (χ2n) is 7.61. The van der Waals surface area contributed by atoms with Crippen LogP contribution in [-0.2, 0) is 17.6 Å². The Kier molecular flexibility index (Phi) is 3.77. The van der Waals surface area contributed by atoms with Gasteiger partial charge in [0, 0.05) is 12.1 Å². The van der Waals surface area contributed by atoms with Crippen molar-refractivity contribution in [2.45, 2.75) is 38.4 Å². The Hall–Kier alpha value is -2.38. The van der Waals surface area contributed by atoms with Gasteiger partial charge in [-0.25, -0.2) is 0 Å². The lowest BCUT2D eigenvalue weighted by molar-refractivity contribution is 0.0444. The summed E-state index contributed by atoms with van der Waals surface area (Å²) in [6.45, 7) is 8.00. The summed E-state index contributed by atoms with van der Waals surface area (Å²) in [6, 6.07) is 30.6. The summed E-state index contributed by atoms with van der Waals surface area (Å²) in [7, 11) is 0. The van der Waals surface area contributed by atoms with Gasteiger partial charge in [0.1, 0.15) is 0 Å². The van der Waals surface area contributed by atoms with Crippen molar-refractivity contribution in [3.05, 3.63) is 107 Å². The molecule has 1 unspecified atom stereocenters. The minimum Gasteiger partial charge on any atom is -0.276 e. The van der Waals surface area contributed by atoms with Crippen LogP contribution in [0.4, 0.5) is 0 Å². The van der Waals surface area contributed by atoms with Crippen molar-refractivity contribution < 1.29 is 0 Å². The lowest BCUT2D eigenvalue weighted by Crippen LogP contribution is -2.47. The summed E-state index contributed by atoms with van der Waals surface area (Å²) in [5.74, 6) is 0. The molecule has 0 aromatic heterocycles. The van der Waals surface area contributed by atoms with Crippen LogP contribution in [0.25, 0.3) is 0 Å². The van der Waals surface area contributed by atoms with Crippen LogP contribution in [0.1, 0.15) is 43.0 Å². The lowest BCUT2D eigenvalue weighted by atomic mass is 9.84. The Labute approximate surface area is 150 Å². The SMILES string of the molecule is CC1(C)c2ccccc2C(C)(c2ccccc2)N1Cc1ccccc1. The van der Waals surface area contributed by atoms with Crippen LogP contribution in [0.2, 0.25) is 0 Å². The number of hydrogen-bond acceptors (Lipinski definition) is 1. The molecule has 0 aliphatic carbocycles. The molecule has 0 saturated carbocycles. The fourth-order valence-electron chi connectivity index (χ4n) is 4.49. The highest BCUT2D eigenvalue weighted by atomic mass is 15.3. The molecule has 1 aliphatic rings. The first-order valence-electron chi connectivity index (χ1n) is 9.02. The van der Waals surface area contributed by atoms with Gasteiger partial charge in [-0.05, 0) is 43.0 Å². The number of fused-ring (bicyclic) bond motifs is 1. The minimum atomic E-state index is -0.142. The van der Waals surface area contributed by atoms with Gasteiger partial charge in [-0.3, -0.25) is 4.90 Å². The van der Waals surface area contributed by atoms with Crippen LogP contribution < -0.4 is 0 Å². The van der Waals surface area contributed by atoms with Gasteiger partial charge in [0.25, 0.3) is 0 Å². The zero-order valence-electron chi connectivity index (χ0n) is 15.2. The molecule has 0 radical (unpaired) electrons. The highest BCUT2D eigenvalue weighted by Gasteiger charge is 2.51. The Bertz CT molecular complexity index is 867. The van der Waals surface area contributed by atoms with Crippen LogP contribution in [0.15, 0.2) is 84.9 Å². The average molecular weight is 327 g/mol. The van der Waals surface area contributed by atoms with Crippen molar-refractivity contribution in [2.24, 2.45) is 0 Å². The molecule has 0 amide bonds. The van der Waals surface area contributed by atoms with Crippen LogP contribution in [-0.4, -0.2) is 4.90 Å². The molecule has 1 nitrogen and oxygen atoms in total. The molecular formula is C24H25N. The minimum absolute atomic E-state index is 0.0307. The van der Waals surface area contributed by atoms with E-state index in [0.717, 1.165) is 6.54 Å². The van der Waals surface area contributed by atoms with Crippen LogP contribution in [0.3, 0.4) is 0 Å². The third-order valence-corrected chi connectivity index (χ3v) is 5.84. The molecule has 1 heterocycles. The van der Waals surface area contributed by atoms with E-state index in [4.69, 9.17) is 0 Å². The fourth-order valence-corrected chi connectivity index (χ4v) is 4.49. The third kappa shape index (κ3) is 2.42. The molecule has 3 aromatic rings. The van der Waals surface area contributed by atoms with Crippen molar-refractivity contribution in [2.75, 3.05) is 0 Å². The van der Waals surface area contributed by atoms with E-state index in [2.05, 4.69) is 111 Å². The summed E-state index contributed by atoms with van der Waals surface area (Å²) < 4.78 is 0. The Morgan fingerprint density at radius 3 is 1.80 bits per heavy atom. The number of nitrogens with zero attached hydrogens (tertiary/aromatic N) is 1. The standard InChI is InChI=1S/C24H25N/c1-23(2)21-16-10-11-17-22(21)24(3,20-14-8-5-9-15-20)25(23)18-19-12-6-4-7-13-19/h4-17H,18H2,1-3H3. The first-order chi connectivity index (χ1) is 12.0. The number of rotatable bonds is 3. The maximum absolute atomic E-state index is 2.65. The van der Waals surface area contributed by atoms with Crippen LogP contribution in [0, 0.1) is 0 Å². The van der Waals surface area contributed by atoms with Crippen LogP contribution >= 0.6 is 0 Å². The van der Waals surface area contributed by atoms with Gasteiger partial charge in [-0.2, -0.15) is 0 Å². The van der Waals surface area contributed by atoms with Crippen molar-refractivity contribution >= 4 is 0 Å². The van der Waals surface area contributed by atoms with E-state index in [-0.39, 0.29) is 11.1 Å². The molecule has 126 valence electrons. The molecule has 1 aliphatic heterocycles. The number of benzene rings is 3. The van der Waals surface area contributed by atoms with E-state index in [1.807, 2.05) is 0 Å². The topological polar surface area (TPSA) is 3.24 Å². The molecule has 1 heteroatoms. The smallest absolute Gasteiger partial charge is 0.0700 e. The summed E-state index contributed by atoms with van der Waals surface area (Å²) in [6.07, 6.45) is 0. The summed E-state index contributed by atoms with van der Waals surface area (Å²) in [5, 5.41) is 0. The van der Waals surface area contributed by atoms with Gasteiger partial charge in [0.15, 0.2) is 0 Å². The van der Waals surface area contributed by atoms with Gasteiger partial charge < -0.3 is 0 Å². The molecule has 0 spiro atoms. The number of hydrogen-bond donors (Lipinski definition) is 0. The molecule has 0 fully saturated rings.